The van der Waals surface area contributed by atoms with Gasteiger partial charge in [-0.3, -0.25) is 4.79 Å². The lowest BCUT2D eigenvalue weighted by Gasteiger charge is -1.99. The van der Waals surface area contributed by atoms with Crippen molar-refractivity contribution in [2.24, 2.45) is 0 Å². The van der Waals surface area contributed by atoms with Crippen molar-refractivity contribution in [2.75, 3.05) is 6.61 Å². The van der Waals surface area contributed by atoms with Gasteiger partial charge in [0, 0.05) is 18.8 Å². The van der Waals surface area contributed by atoms with Gasteiger partial charge in [0.25, 0.3) is 0 Å². The number of aldehydes is 1. The summed E-state index contributed by atoms with van der Waals surface area (Å²) in [6, 6.07) is 0.237. The van der Waals surface area contributed by atoms with E-state index >= 15 is 0 Å². The van der Waals surface area contributed by atoms with Crippen LogP contribution in [-0.2, 0) is 0 Å². The van der Waals surface area contributed by atoms with E-state index in [1.165, 1.54) is 12.4 Å². The molecule has 0 bridgehead atoms. The molecule has 66 valence electrons. The smallest absolute Gasteiger partial charge is 0.316 e. The molecular formula is C9H8N2O2. The molecule has 0 saturated carbocycles. The van der Waals surface area contributed by atoms with E-state index < -0.39 is 0 Å². The number of carbonyl (C=O) groups is 1. The van der Waals surface area contributed by atoms with Crippen molar-refractivity contribution in [2.45, 2.75) is 6.42 Å². The highest BCUT2D eigenvalue weighted by Crippen LogP contribution is 2.00. The Morgan fingerprint density at radius 2 is 2.23 bits per heavy atom. The van der Waals surface area contributed by atoms with E-state index in [1.807, 2.05) is 0 Å². The van der Waals surface area contributed by atoms with Crippen molar-refractivity contribution in [1.82, 2.24) is 9.97 Å². The Morgan fingerprint density at radius 1 is 1.54 bits per heavy atom. The Bertz CT molecular complexity index is 313. The first-order chi connectivity index (χ1) is 6.36. The normalized spacial score (nSPS) is 8.85. The Kier molecular flexibility index (Phi) is 3.45. The maximum atomic E-state index is 10.2. The number of rotatable bonds is 4. The molecule has 0 spiro atoms. The van der Waals surface area contributed by atoms with Gasteiger partial charge in [0.1, 0.15) is 6.61 Å². The van der Waals surface area contributed by atoms with Crippen molar-refractivity contribution in [3.63, 3.8) is 0 Å². The fourth-order valence-corrected chi connectivity index (χ4v) is 0.663. The van der Waals surface area contributed by atoms with Crippen LogP contribution in [0.1, 0.15) is 16.8 Å². The molecule has 0 aromatic carbocycles. The largest absolute Gasteiger partial charge is 0.462 e. The second-order valence-corrected chi connectivity index (χ2v) is 2.22. The fraction of sp³-hybridized carbons (Fsp3) is 0.222. The summed E-state index contributed by atoms with van der Waals surface area (Å²) >= 11 is 0. The van der Waals surface area contributed by atoms with E-state index in [-0.39, 0.29) is 6.01 Å². The number of ether oxygens (including phenoxy) is 1. The molecule has 0 fully saturated rings. The summed E-state index contributed by atoms with van der Waals surface area (Å²) in [5, 5.41) is 0. The molecule has 0 radical (unpaired) electrons. The third-order valence-electron chi connectivity index (χ3n) is 1.26. The van der Waals surface area contributed by atoms with E-state index in [1.54, 1.807) is 0 Å². The van der Waals surface area contributed by atoms with E-state index in [9.17, 15) is 4.79 Å². The van der Waals surface area contributed by atoms with E-state index in [4.69, 9.17) is 11.2 Å². The third kappa shape index (κ3) is 2.91. The first-order valence-corrected chi connectivity index (χ1v) is 3.70. The minimum absolute atomic E-state index is 0.237. The predicted octanol–water partition coefficient (Wildman–Crippen LogP) is 0.691. The molecule has 0 aliphatic rings. The van der Waals surface area contributed by atoms with Crippen molar-refractivity contribution in [1.29, 1.82) is 0 Å². The van der Waals surface area contributed by atoms with Gasteiger partial charge in [-0.15, -0.1) is 12.3 Å². The number of terminal acetylenes is 1. The predicted molar refractivity (Wildman–Crippen MR) is 46.4 cm³/mol. The summed E-state index contributed by atoms with van der Waals surface area (Å²) in [5.74, 6) is 2.42. The van der Waals surface area contributed by atoms with Crippen LogP contribution in [0.25, 0.3) is 0 Å². The molecule has 0 aliphatic carbocycles. The van der Waals surface area contributed by atoms with Gasteiger partial charge in [-0.25, -0.2) is 9.97 Å². The van der Waals surface area contributed by atoms with Gasteiger partial charge in [0.05, 0.1) is 5.56 Å². The molecule has 0 atom stereocenters. The van der Waals surface area contributed by atoms with Crippen LogP contribution in [0, 0.1) is 12.3 Å². The van der Waals surface area contributed by atoms with Crippen LogP contribution in [0.3, 0.4) is 0 Å². The average Bonchev–Trinajstić information content (AvgIpc) is 2.19. The minimum Gasteiger partial charge on any atom is -0.462 e. The summed E-state index contributed by atoms with van der Waals surface area (Å²) in [4.78, 5) is 17.8. The van der Waals surface area contributed by atoms with Crippen molar-refractivity contribution >= 4 is 6.29 Å². The Hall–Kier alpha value is -1.89. The van der Waals surface area contributed by atoms with E-state index in [2.05, 4.69) is 15.9 Å². The lowest BCUT2D eigenvalue weighted by Crippen LogP contribution is -2.00. The number of carbonyl (C=O) groups excluding carboxylic acids is 1. The Labute approximate surface area is 76.0 Å². The molecule has 0 unspecified atom stereocenters. The van der Waals surface area contributed by atoms with Crippen LogP contribution in [0.15, 0.2) is 12.4 Å². The van der Waals surface area contributed by atoms with Crippen molar-refractivity contribution in [3.05, 3.63) is 18.0 Å². The van der Waals surface area contributed by atoms with Gasteiger partial charge in [0.2, 0.25) is 0 Å². The number of nitrogens with zero attached hydrogens (tertiary/aromatic N) is 2. The molecular weight excluding hydrogens is 168 g/mol. The highest BCUT2D eigenvalue weighted by molar-refractivity contribution is 5.73. The van der Waals surface area contributed by atoms with Gasteiger partial charge in [0.15, 0.2) is 6.29 Å². The van der Waals surface area contributed by atoms with Crippen molar-refractivity contribution < 1.29 is 9.53 Å². The number of hydrogen-bond donors (Lipinski definition) is 0. The molecule has 1 aromatic heterocycles. The molecule has 0 aliphatic heterocycles. The monoisotopic (exact) mass is 176 g/mol. The van der Waals surface area contributed by atoms with Crippen LogP contribution < -0.4 is 4.74 Å². The van der Waals surface area contributed by atoms with Gasteiger partial charge in [-0.1, -0.05) is 0 Å². The first kappa shape index (κ1) is 9.20. The third-order valence-corrected chi connectivity index (χ3v) is 1.26. The fourth-order valence-electron chi connectivity index (χ4n) is 0.663. The van der Waals surface area contributed by atoms with E-state index in [0.29, 0.717) is 24.9 Å². The van der Waals surface area contributed by atoms with Gasteiger partial charge < -0.3 is 4.74 Å². The molecule has 0 amide bonds. The molecule has 4 heteroatoms. The molecule has 1 rings (SSSR count). The lowest BCUT2D eigenvalue weighted by molar-refractivity contribution is 0.112. The van der Waals surface area contributed by atoms with Gasteiger partial charge in [-0.05, 0) is 0 Å². The second-order valence-electron chi connectivity index (χ2n) is 2.22. The van der Waals surface area contributed by atoms with Gasteiger partial charge in [-0.2, -0.15) is 0 Å². The minimum atomic E-state index is 0.237. The highest BCUT2D eigenvalue weighted by Gasteiger charge is 1.96. The summed E-state index contributed by atoms with van der Waals surface area (Å²) in [7, 11) is 0. The first-order valence-electron chi connectivity index (χ1n) is 3.70. The van der Waals surface area contributed by atoms with Crippen molar-refractivity contribution in [3.8, 4) is 18.4 Å². The van der Waals surface area contributed by atoms with Crippen LogP contribution in [0.4, 0.5) is 0 Å². The average molecular weight is 176 g/mol. The molecule has 13 heavy (non-hydrogen) atoms. The maximum absolute atomic E-state index is 10.2. The van der Waals surface area contributed by atoms with Crippen LogP contribution in [-0.4, -0.2) is 22.9 Å². The zero-order chi connectivity index (χ0) is 9.52. The zero-order valence-electron chi connectivity index (χ0n) is 6.93. The maximum Gasteiger partial charge on any atom is 0.316 e. The summed E-state index contributed by atoms with van der Waals surface area (Å²) in [6.07, 6.45) is 8.99. The summed E-state index contributed by atoms with van der Waals surface area (Å²) in [6.45, 7) is 0.386. The SMILES string of the molecule is C#CCCOc1ncc(C=O)cn1. The number of hydrogen-bond acceptors (Lipinski definition) is 4. The second kappa shape index (κ2) is 4.88. The van der Waals surface area contributed by atoms with Crippen LogP contribution in [0.5, 0.6) is 6.01 Å². The van der Waals surface area contributed by atoms with Crippen LogP contribution in [0.2, 0.25) is 0 Å². The molecule has 0 N–H and O–H groups in total. The van der Waals surface area contributed by atoms with Crippen LogP contribution >= 0.6 is 0 Å². The quantitative estimate of drug-likeness (QED) is 0.385. The Balaban J connectivity index is 2.50. The molecule has 4 nitrogen and oxygen atoms in total. The summed E-state index contributed by atoms with van der Waals surface area (Å²) < 4.78 is 5.07. The highest BCUT2D eigenvalue weighted by atomic mass is 16.5. The lowest BCUT2D eigenvalue weighted by atomic mass is 10.4. The zero-order valence-corrected chi connectivity index (χ0v) is 6.93. The topological polar surface area (TPSA) is 52.1 Å². The molecule has 1 heterocycles. The van der Waals surface area contributed by atoms with E-state index in [0.717, 1.165) is 0 Å². The Morgan fingerprint density at radius 3 is 2.77 bits per heavy atom. The van der Waals surface area contributed by atoms with Gasteiger partial charge >= 0.3 is 6.01 Å². The standard InChI is InChI=1S/C9H8N2O2/c1-2-3-4-13-9-10-5-8(7-12)6-11-9/h1,5-7H,3-4H2. The molecule has 0 saturated heterocycles. The molecule has 1 aromatic rings. The number of aromatic nitrogens is 2. The summed E-state index contributed by atoms with van der Waals surface area (Å²) in [5.41, 5.74) is 0.421.